The number of hydrogen-bond acceptors (Lipinski definition) is 6. The SMILES string of the molecule is CCC(C)(CC)C(=O)C(C)CCCNC(=O)CC(C)(C)COCC(C)(C)CNC(=O)CCN1C(=O)C=CC1=O. The summed E-state index contributed by atoms with van der Waals surface area (Å²) in [5.41, 5.74) is -0.963. The van der Waals surface area contributed by atoms with Gasteiger partial charge in [-0.1, -0.05) is 55.4 Å². The Kier molecular flexibility index (Phi) is 13.5. The molecule has 0 radical (unpaired) electrons. The first kappa shape index (κ1) is 34.5. The van der Waals surface area contributed by atoms with Gasteiger partial charge in [0.15, 0.2) is 0 Å². The first-order valence-corrected chi connectivity index (χ1v) is 14.2. The summed E-state index contributed by atoms with van der Waals surface area (Å²) >= 11 is 0. The number of carbonyl (C=O) groups excluding carboxylic acids is 5. The third-order valence-corrected chi connectivity index (χ3v) is 7.59. The van der Waals surface area contributed by atoms with Crippen LogP contribution in [0.2, 0.25) is 0 Å². The van der Waals surface area contributed by atoms with Crippen molar-refractivity contribution >= 4 is 29.4 Å². The van der Waals surface area contributed by atoms with Crippen LogP contribution < -0.4 is 10.6 Å². The Bertz CT molecular complexity index is 886. The van der Waals surface area contributed by atoms with Gasteiger partial charge in [-0.05, 0) is 31.1 Å². The zero-order valence-electron chi connectivity index (χ0n) is 25.4. The number of nitrogens with one attached hydrogen (secondary N) is 2. The maximum atomic E-state index is 12.7. The van der Waals surface area contributed by atoms with E-state index < -0.39 is 11.8 Å². The standard InChI is InChI=1S/C30H51N3O6/c1-9-30(8,10-2)27(38)22(3)12-11-16-31-24(35)18-28(4,5)20-39-21-29(6,7)19-32-23(34)15-17-33-25(36)13-14-26(33)37/h13-14,22H,9-12,15-21H2,1-8H3,(H,31,35)(H,32,34). The van der Waals surface area contributed by atoms with Crippen molar-refractivity contribution in [3.63, 3.8) is 0 Å². The molecule has 222 valence electrons. The molecule has 0 aromatic rings. The van der Waals surface area contributed by atoms with E-state index in [0.29, 0.717) is 38.5 Å². The molecule has 1 heterocycles. The topological polar surface area (TPSA) is 122 Å². The summed E-state index contributed by atoms with van der Waals surface area (Å²) in [6.07, 6.45) is 5.99. The fourth-order valence-corrected chi connectivity index (χ4v) is 4.45. The minimum absolute atomic E-state index is 0.0134. The molecule has 0 saturated heterocycles. The van der Waals surface area contributed by atoms with E-state index in [1.54, 1.807) is 0 Å². The van der Waals surface area contributed by atoms with Crippen LogP contribution in [0.1, 0.15) is 93.9 Å². The first-order chi connectivity index (χ1) is 18.1. The number of ketones is 1. The van der Waals surface area contributed by atoms with Gasteiger partial charge in [0, 0.05) is 61.4 Å². The average molecular weight is 550 g/mol. The Labute approximate surface area is 234 Å². The zero-order chi connectivity index (χ0) is 29.9. The minimum Gasteiger partial charge on any atom is -0.380 e. The van der Waals surface area contributed by atoms with E-state index >= 15 is 0 Å². The van der Waals surface area contributed by atoms with E-state index in [9.17, 15) is 24.0 Å². The van der Waals surface area contributed by atoms with Crippen molar-refractivity contribution in [2.45, 2.75) is 93.9 Å². The van der Waals surface area contributed by atoms with Crippen molar-refractivity contribution in [1.29, 1.82) is 0 Å². The van der Waals surface area contributed by atoms with Crippen molar-refractivity contribution in [3.8, 4) is 0 Å². The third kappa shape index (κ3) is 12.0. The predicted molar refractivity (Wildman–Crippen MR) is 152 cm³/mol. The molecule has 1 unspecified atom stereocenters. The molecule has 0 fully saturated rings. The number of imide groups is 1. The molecule has 1 rings (SSSR count). The van der Waals surface area contributed by atoms with Crippen LogP contribution in [0.5, 0.6) is 0 Å². The van der Waals surface area contributed by atoms with E-state index in [4.69, 9.17) is 4.74 Å². The van der Waals surface area contributed by atoms with Crippen LogP contribution in [0.3, 0.4) is 0 Å². The van der Waals surface area contributed by atoms with Crippen LogP contribution in [-0.4, -0.2) is 67.2 Å². The molecule has 0 bridgehead atoms. The fraction of sp³-hybridized carbons (Fsp3) is 0.767. The second kappa shape index (κ2) is 15.3. The van der Waals surface area contributed by atoms with Gasteiger partial charge in [0.25, 0.3) is 11.8 Å². The number of carbonyl (C=O) groups is 5. The number of amides is 4. The quantitative estimate of drug-likeness (QED) is 0.187. The van der Waals surface area contributed by atoms with Crippen LogP contribution >= 0.6 is 0 Å². The summed E-state index contributed by atoms with van der Waals surface area (Å²) in [6.45, 7) is 17.8. The van der Waals surface area contributed by atoms with Crippen LogP contribution in [-0.2, 0) is 28.7 Å². The molecule has 0 aliphatic carbocycles. The monoisotopic (exact) mass is 549 g/mol. The lowest BCUT2D eigenvalue weighted by Crippen LogP contribution is -2.40. The molecule has 39 heavy (non-hydrogen) atoms. The maximum Gasteiger partial charge on any atom is 0.253 e. The lowest BCUT2D eigenvalue weighted by Gasteiger charge is -2.29. The smallest absolute Gasteiger partial charge is 0.253 e. The highest BCUT2D eigenvalue weighted by molar-refractivity contribution is 6.13. The van der Waals surface area contributed by atoms with Crippen LogP contribution in [0.4, 0.5) is 0 Å². The number of rotatable bonds is 19. The molecule has 0 aromatic carbocycles. The van der Waals surface area contributed by atoms with Gasteiger partial charge in [-0.15, -0.1) is 0 Å². The largest absolute Gasteiger partial charge is 0.380 e. The van der Waals surface area contributed by atoms with E-state index in [0.717, 1.165) is 30.6 Å². The van der Waals surface area contributed by atoms with Gasteiger partial charge in [0.1, 0.15) is 5.78 Å². The summed E-state index contributed by atoms with van der Waals surface area (Å²) in [5, 5.41) is 5.81. The van der Waals surface area contributed by atoms with Gasteiger partial charge in [-0.2, -0.15) is 0 Å². The summed E-state index contributed by atoms with van der Waals surface area (Å²) in [5.74, 6) is -0.771. The lowest BCUT2D eigenvalue weighted by molar-refractivity contribution is -0.137. The highest BCUT2D eigenvalue weighted by Gasteiger charge is 2.32. The molecule has 1 aliphatic rings. The number of nitrogens with zero attached hydrogens (tertiary/aromatic N) is 1. The van der Waals surface area contributed by atoms with Gasteiger partial charge in [0.05, 0.1) is 13.2 Å². The van der Waals surface area contributed by atoms with E-state index in [-0.39, 0.29) is 46.9 Å². The lowest BCUT2D eigenvalue weighted by atomic mass is 9.75. The molecular formula is C30H51N3O6. The number of ether oxygens (including phenoxy) is 1. The summed E-state index contributed by atoms with van der Waals surface area (Å²) in [4.78, 5) is 61.6. The van der Waals surface area contributed by atoms with Crippen molar-refractivity contribution < 1.29 is 28.7 Å². The normalized spacial score (nSPS) is 15.0. The highest BCUT2D eigenvalue weighted by Crippen LogP contribution is 2.31. The second-order valence-electron chi connectivity index (χ2n) is 12.7. The van der Waals surface area contributed by atoms with Crippen LogP contribution in [0, 0.1) is 22.2 Å². The van der Waals surface area contributed by atoms with Gasteiger partial charge in [-0.25, -0.2) is 0 Å². The Hall–Kier alpha value is -2.55. The molecule has 9 nitrogen and oxygen atoms in total. The molecule has 4 amide bonds. The van der Waals surface area contributed by atoms with E-state index in [2.05, 4.69) is 24.5 Å². The van der Waals surface area contributed by atoms with Gasteiger partial charge in [-0.3, -0.25) is 28.9 Å². The van der Waals surface area contributed by atoms with Crippen LogP contribution in [0.15, 0.2) is 12.2 Å². The van der Waals surface area contributed by atoms with E-state index in [1.165, 1.54) is 12.2 Å². The Morgan fingerprint density at radius 2 is 1.46 bits per heavy atom. The molecular weight excluding hydrogens is 498 g/mol. The number of Topliss-reactive ketones (excluding diaryl/α,β-unsaturated/α-hetero) is 1. The number of hydrogen-bond donors (Lipinski definition) is 2. The average Bonchev–Trinajstić information content (AvgIpc) is 3.19. The molecule has 9 heteroatoms. The van der Waals surface area contributed by atoms with Crippen molar-refractivity contribution in [3.05, 3.63) is 12.2 Å². The second-order valence-corrected chi connectivity index (χ2v) is 12.7. The molecule has 0 spiro atoms. The molecule has 0 saturated carbocycles. The summed E-state index contributed by atoms with van der Waals surface area (Å²) in [7, 11) is 0. The van der Waals surface area contributed by atoms with Crippen LogP contribution in [0.25, 0.3) is 0 Å². The fourth-order valence-electron chi connectivity index (χ4n) is 4.45. The Morgan fingerprint density at radius 3 is 2.03 bits per heavy atom. The van der Waals surface area contributed by atoms with E-state index in [1.807, 2.05) is 41.5 Å². The highest BCUT2D eigenvalue weighted by atomic mass is 16.5. The molecule has 2 N–H and O–H groups in total. The molecule has 1 aliphatic heterocycles. The Balaban J connectivity index is 2.29. The summed E-state index contributed by atoms with van der Waals surface area (Å²) in [6, 6.07) is 0. The first-order valence-electron chi connectivity index (χ1n) is 14.2. The predicted octanol–water partition coefficient (Wildman–Crippen LogP) is 3.80. The third-order valence-electron chi connectivity index (χ3n) is 7.59. The Morgan fingerprint density at radius 1 is 0.897 bits per heavy atom. The summed E-state index contributed by atoms with van der Waals surface area (Å²) < 4.78 is 5.93. The minimum atomic E-state index is -0.397. The zero-order valence-corrected chi connectivity index (χ0v) is 25.4. The van der Waals surface area contributed by atoms with Crippen molar-refractivity contribution in [2.24, 2.45) is 22.2 Å². The van der Waals surface area contributed by atoms with Crippen molar-refractivity contribution in [1.82, 2.24) is 15.5 Å². The van der Waals surface area contributed by atoms with Crippen molar-refractivity contribution in [2.75, 3.05) is 32.8 Å². The maximum absolute atomic E-state index is 12.7. The van der Waals surface area contributed by atoms with Gasteiger partial charge < -0.3 is 15.4 Å². The van der Waals surface area contributed by atoms with Gasteiger partial charge in [0.2, 0.25) is 11.8 Å². The molecule has 0 aromatic heterocycles. The molecule has 1 atom stereocenters. The van der Waals surface area contributed by atoms with Gasteiger partial charge >= 0.3 is 0 Å².